The van der Waals surface area contributed by atoms with Gasteiger partial charge in [0.25, 0.3) is 0 Å². The van der Waals surface area contributed by atoms with Gasteiger partial charge in [-0.25, -0.2) is 5.10 Å². The largest absolute Gasteiger partial charge is 0.408 e. The first kappa shape index (κ1) is 6.98. The fourth-order valence-corrected chi connectivity index (χ4v) is 1.14. The Morgan fingerprint density at radius 3 is 2.42 bits per heavy atom. The minimum Gasteiger partial charge on any atom is -0.408 e. The van der Waals surface area contributed by atoms with Crippen molar-refractivity contribution in [2.75, 3.05) is 0 Å². The zero-order valence-corrected chi connectivity index (χ0v) is 6.64. The van der Waals surface area contributed by atoms with E-state index in [9.17, 15) is 0 Å². The van der Waals surface area contributed by atoms with Gasteiger partial charge in [0.05, 0.1) is 0 Å². The quantitative estimate of drug-likeness (QED) is 0.580. The van der Waals surface area contributed by atoms with Crippen molar-refractivity contribution in [2.24, 2.45) is 0 Å². The molecule has 2 aromatic rings. The molecule has 0 aliphatic rings. The van der Waals surface area contributed by atoms with Crippen LogP contribution in [0.15, 0.2) is 42.7 Å². The molecule has 2 rings (SSSR count). The summed E-state index contributed by atoms with van der Waals surface area (Å²) in [6.45, 7) is 0. The summed E-state index contributed by atoms with van der Waals surface area (Å²) in [7, 11) is 3.67. The molecule has 0 bridgehead atoms. The Hall–Kier alpha value is -1.70. The SMILES string of the molecule is [CH2-]n1cc(-c2ccccc2)cn1. The lowest BCUT2D eigenvalue weighted by molar-refractivity contribution is 0.877. The summed E-state index contributed by atoms with van der Waals surface area (Å²) in [4.78, 5) is 0. The minimum absolute atomic E-state index is 1.10. The standard InChI is InChI=1S/C10H9N2/c1-12-8-10(7-11-12)9-5-3-2-4-6-9/h2-8H,1H2/q-1. The topological polar surface area (TPSA) is 17.8 Å². The van der Waals surface area contributed by atoms with Crippen LogP contribution in [-0.2, 0) is 0 Å². The van der Waals surface area contributed by atoms with E-state index in [1.807, 2.05) is 30.6 Å². The van der Waals surface area contributed by atoms with Gasteiger partial charge in [0.2, 0.25) is 0 Å². The van der Waals surface area contributed by atoms with Crippen LogP contribution in [0.4, 0.5) is 0 Å². The average molecular weight is 157 g/mol. The van der Waals surface area contributed by atoms with E-state index in [0.717, 1.165) is 5.56 Å². The number of aromatic nitrogens is 2. The molecule has 1 aromatic carbocycles. The Labute approximate surface area is 71.5 Å². The molecule has 1 heterocycles. The van der Waals surface area contributed by atoms with E-state index >= 15 is 0 Å². The zero-order chi connectivity index (χ0) is 8.39. The molecular formula is C10H9N2-. The van der Waals surface area contributed by atoms with Crippen molar-refractivity contribution in [3.05, 3.63) is 49.8 Å². The van der Waals surface area contributed by atoms with Gasteiger partial charge in [-0.05, 0) is 5.56 Å². The van der Waals surface area contributed by atoms with E-state index in [2.05, 4.69) is 24.3 Å². The molecular weight excluding hydrogens is 148 g/mol. The second kappa shape index (κ2) is 2.74. The number of rotatable bonds is 1. The van der Waals surface area contributed by atoms with Gasteiger partial charge in [0, 0.05) is 6.20 Å². The second-order valence-electron chi connectivity index (χ2n) is 2.63. The normalized spacial score (nSPS) is 10.0. The second-order valence-corrected chi connectivity index (χ2v) is 2.63. The van der Waals surface area contributed by atoms with Gasteiger partial charge in [-0.3, -0.25) is 0 Å². The third-order valence-electron chi connectivity index (χ3n) is 1.74. The maximum absolute atomic E-state index is 4.00. The van der Waals surface area contributed by atoms with Crippen LogP contribution in [0.2, 0.25) is 0 Å². The Morgan fingerprint density at radius 1 is 1.08 bits per heavy atom. The van der Waals surface area contributed by atoms with Crippen LogP contribution in [0.5, 0.6) is 0 Å². The Bertz CT molecular complexity index is 362. The van der Waals surface area contributed by atoms with Crippen molar-refractivity contribution >= 4 is 0 Å². The molecule has 0 unspecified atom stereocenters. The van der Waals surface area contributed by atoms with Gasteiger partial charge >= 0.3 is 0 Å². The smallest absolute Gasteiger partial charge is 0.0358 e. The molecule has 0 amide bonds. The third-order valence-corrected chi connectivity index (χ3v) is 1.74. The van der Waals surface area contributed by atoms with Gasteiger partial charge in [0.1, 0.15) is 0 Å². The lowest BCUT2D eigenvalue weighted by Crippen LogP contribution is -1.80. The van der Waals surface area contributed by atoms with E-state index in [-0.39, 0.29) is 0 Å². The lowest BCUT2D eigenvalue weighted by Gasteiger charge is -1.98. The number of benzene rings is 1. The van der Waals surface area contributed by atoms with Crippen molar-refractivity contribution in [3.63, 3.8) is 0 Å². The van der Waals surface area contributed by atoms with Crippen molar-refractivity contribution < 1.29 is 0 Å². The van der Waals surface area contributed by atoms with Gasteiger partial charge < -0.3 is 4.68 Å². The predicted octanol–water partition coefficient (Wildman–Crippen LogP) is 2.19. The fourth-order valence-electron chi connectivity index (χ4n) is 1.14. The molecule has 0 saturated carbocycles. The van der Waals surface area contributed by atoms with Crippen LogP contribution in [-0.4, -0.2) is 9.78 Å². The van der Waals surface area contributed by atoms with Crippen LogP contribution < -0.4 is 0 Å². The molecule has 2 nitrogen and oxygen atoms in total. The van der Waals surface area contributed by atoms with E-state index in [1.54, 1.807) is 4.68 Å². The van der Waals surface area contributed by atoms with Gasteiger partial charge in [-0.15, -0.1) is 6.20 Å². The predicted molar refractivity (Wildman–Crippen MR) is 48.4 cm³/mol. The molecule has 0 spiro atoms. The first-order chi connectivity index (χ1) is 5.86. The summed E-state index contributed by atoms with van der Waals surface area (Å²) in [5, 5.41) is 4.00. The fraction of sp³-hybridized carbons (Fsp3) is 0. The van der Waals surface area contributed by atoms with Gasteiger partial charge in [0.15, 0.2) is 0 Å². The maximum Gasteiger partial charge on any atom is 0.0358 e. The van der Waals surface area contributed by atoms with E-state index in [1.165, 1.54) is 5.56 Å². The highest BCUT2D eigenvalue weighted by atomic mass is 15.2. The Balaban J connectivity index is 2.45. The van der Waals surface area contributed by atoms with Crippen LogP contribution in [0.25, 0.3) is 11.1 Å². The Morgan fingerprint density at radius 2 is 1.83 bits per heavy atom. The monoisotopic (exact) mass is 157 g/mol. The summed E-state index contributed by atoms with van der Waals surface area (Å²) in [6.07, 6.45) is 3.71. The van der Waals surface area contributed by atoms with Gasteiger partial charge in [-0.2, -0.15) is 7.05 Å². The summed E-state index contributed by atoms with van der Waals surface area (Å²) in [5.41, 5.74) is 2.28. The van der Waals surface area contributed by atoms with E-state index in [4.69, 9.17) is 0 Å². The molecule has 0 saturated heterocycles. The van der Waals surface area contributed by atoms with Crippen LogP contribution >= 0.6 is 0 Å². The van der Waals surface area contributed by atoms with Crippen molar-refractivity contribution in [3.8, 4) is 11.1 Å². The molecule has 12 heavy (non-hydrogen) atoms. The molecule has 0 atom stereocenters. The van der Waals surface area contributed by atoms with Crippen molar-refractivity contribution in [2.45, 2.75) is 0 Å². The van der Waals surface area contributed by atoms with Crippen LogP contribution in [0, 0.1) is 7.05 Å². The van der Waals surface area contributed by atoms with Crippen LogP contribution in [0.3, 0.4) is 0 Å². The lowest BCUT2D eigenvalue weighted by atomic mass is 10.1. The molecule has 0 fully saturated rings. The third kappa shape index (κ3) is 1.19. The van der Waals surface area contributed by atoms with Crippen LogP contribution in [0.1, 0.15) is 0 Å². The number of hydrogen-bond acceptors (Lipinski definition) is 1. The molecule has 1 aromatic heterocycles. The molecule has 0 aliphatic carbocycles. The highest BCUT2D eigenvalue weighted by molar-refractivity contribution is 5.61. The Kier molecular flexibility index (Phi) is 1.59. The minimum atomic E-state index is 1.10. The first-order valence-electron chi connectivity index (χ1n) is 3.77. The summed E-state index contributed by atoms with van der Waals surface area (Å²) < 4.78 is 1.56. The molecule has 0 radical (unpaired) electrons. The van der Waals surface area contributed by atoms with Gasteiger partial charge in [-0.1, -0.05) is 35.9 Å². The zero-order valence-electron chi connectivity index (χ0n) is 6.64. The summed E-state index contributed by atoms with van der Waals surface area (Å²) in [5.74, 6) is 0. The van der Waals surface area contributed by atoms with Crippen molar-refractivity contribution in [1.82, 2.24) is 9.78 Å². The maximum atomic E-state index is 4.00. The molecule has 0 aliphatic heterocycles. The molecule has 2 heteroatoms. The molecule has 60 valence electrons. The highest BCUT2D eigenvalue weighted by Crippen LogP contribution is 2.16. The van der Waals surface area contributed by atoms with E-state index in [0.29, 0.717) is 0 Å². The van der Waals surface area contributed by atoms with Crippen molar-refractivity contribution in [1.29, 1.82) is 0 Å². The number of hydrogen-bond donors (Lipinski definition) is 0. The highest BCUT2D eigenvalue weighted by Gasteiger charge is 1.91. The first-order valence-corrected chi connectivity index (χ1v) is 3.77. The average Bonchev–Trinajstić information content (AvgIpc) is 2.54. The summed E-state index contributed by atoms with van der Waals surface area (Å²) in [6, 6.07) is 10.1. The summed E-state index contributed by atoms with van der Waals surface area (Å²) >= 11 is 0. The van der Waals surface area contributed by atoms with E-state index < -0.39 is 0 Å². The molecule has 0 N–H and O–H groups in total. The number of nitrogens with zero attached hydrogens (tertiary/aromatic N) is 2.